The van der Waals surface area contributed by atoms with Gasteiger partial charge in [0.2, 0.25) is 0 Å². The van der Waals surface area contributed by atoms with Crippen molar-refractivity contribution >= 4 is 0 Å². The van der Waals surface area contributed by atoms with Crippen LogP contribution in [0.1, 0.15) is 48.0 Å². The van der Waals surface area contributed by atoms with E-state index in [4.69, 9.17) is 0 Å². The molecule has 0 fully saturated rings. The normalized spacial score (nSPS) is 30.2. The molecule has 0 aromatic carbocycles. The lowest BCUT2D eigenvalue weighted by Crippen LogP contribution is -2.38. The Morgan fingerprint density at radius 2 is 1.65 bits per heavy atom. The predicted octanol–water partition coefficient (Wildman–Crippen LogP) is 4.13. The number of allylic oxidation sites excluding steroid dienone is 1. The van der Waals surface area contributed by atoms with E-state index in [0.29, 0.717) is 17.8 Å². The van der Waals surface area contributed by atoms with Gasteiger partial charge in [0, 0.05) is 0 Å². The second-order valence-electron chi connectivity index (χ2n) is 6.67. The molecule has 0 radical (unpaired) electrons. The van der Waals surface area contributed by atoms with Crippen molar-refractivity contribution in [3.05, 3.63) is 11.6 Å². The highest BCUT2D eigenvalue weighted by Gasteiger charge is 2.38. The second-order valence-corrected chi connectivity index (χ2v) is 6.67. The van der Waals surface area contributed by atoms with Crippen LogP contribution in [-0.4, -0.2) is 11.7 Å². The Kier molecular flexibility index (Phi) is 5.24. The van der Waals surface area contributed by atoms with E-state index in [1.165, 1.54) is 5.57 Å². The zero-order valence-corrected chi connectivity index (χ0v) is 12.4. The summed E-state index contributed by atoms with van der Waals surface area (Å²) < 4.78 is 0. The van der Waals surface area contributed by atoms with E-state index in [1.54, 1.807) is 0 Å². The molecular formula is C16H30O. The second kappa shape index (κ2) is 6.04. The van der Waals surface area contributed by atoms with Gasteiger partial charge in [-0.05, 0) is 47.5 Å². The Hall–Kier alpha value is -0.300. The van der Waals surface area contributed by atoms with Gasteiger partial charge in [0.15, 0.2) is 0 Å². The molecule has 0 saturated heterocycles. The van der Waals surface area contributed by atoms with E-state index in [-0.39, 0.29) is 6.61 Å². The average Bonchev–Trinajstić information content (AvgIpc) is 2.26. The van der Waals surface area contributed by atoms with Crippen LogP contribution in [0.25, 0.3) is 0 Å². The van der Waals surface area contributed by atoms with E-state index in [0.717, 1.165) is 24.2 Å². The van der Waals surface area contributed by atoms with Crippen LogP contribution in [0.5, 0.6) is 0 Å². The first-order valence-electron chi connectivity index (χ1n) is 7.19. The van der Waals surface area contributed by atoms with Crippen LogP contribution in [0.15, 0.2) is 11.6 Å². The summed E-state index contributed by atoms with van der Waals surface area (Å²) in [7, 11) is 0. The molecule has 3 atom stereocenters. The molecule has 1 N–H and O–H groups in total. The fourth-order valence-corrected chi connectivity index (χ4v) is 3.76. The Labute approximate surface area is 107 Å². The first-order chi connectivity index (χ1) is 7.90. The first kappa shape index (κ1) is 14.8. The number of hydrogen-bond donors (Lipinski definition) is 1. The van der Waals surface area contributed by atoms with E-state index in [2.05, 4.69) is 47.6 Å². The fourth-order valence-electron chi connectivity index (χ4n) is 3.76. The van der Waals surface area contributed by atoms with Crippen LogP contribution in [0, 0.1) is 35.5 Å². The Morgan fingerprint density at radius 3 is 2.00 bits per heavy atom. The van der Waals surface area contributed by atoms with Crippen LogP contribution in [0.3, 0.4) is 0 Å². The molecule has 0 aliphatic heterocycles. The maximum absolute atomic E-state index is 9.57. The third-order valence-corrected chi connectivity index (χ3v) is 4.52. The standard InChI is InChI=1S/C16H30O/c1-10(2)14-8-7-13(9-17)15(11(3)4)16(14)12(5)6/h7,10-12,14-17H,8-9H2,1-6H3. The Balaban J connectivity index is 3.07. The van der Waals surface area contributed by atoms with Crippen molar-refractivity contribution in [2.75, 3.05) is 6.61 Å². The minimum absolute atomic E-state index is 0.247. The number of hydrogen-bond acceptors (Lipinski definition) is 1. The predicted molar refractivity (Wildman–Crippen MR) is 74.8 cm³/mol. The summed E-state index contributed by atoms with van der Waals surface area (Å²) in [6, 6.07) is 0. The highest BCUT2D eigenvalue weighted by atomic mass is 16.3. The van der Waals surface area contributed by atoms with Crippen molar-refractivity contribution in [2.45, 2.75) is 48.0 Å². The number of rotatable bonds is 4. The van der Waals surface area contributed by atoms with E-state index in [1.807, 2.05) is 0 Å². The molecule has 1 rings (SSSR count). The van der Waals surface area contributed by atoms with E-state index < -0.39 is 0 Å². The minimum Gasteiger partial charge on any atom is -0.392 e. The molecule has 1 aliphatic rings. The first-order valence-corrected chi connectivity index (χ1v) is 7.19. The average molecular weight is 238 g/mol. The molecule has 1 aliphatic carbocycles. The highest BCUT2D eigenvalue weighted by molar-refractivity contribution is 5.15. The summed E-state index contributed by atoms with van der Waals surface area (Å²) in [5.74, 6) is 4.13. The molecule has 0 aromatic rings. The summed E-state index contributed by atoms with van der Waals surface area (Å²) in [5, 5.41) is 9.57. The number of aliphatic hydroxyl groups excluding tert-OH is 1. The van der Waals surface area contributed by atoms with Crippen LogP contribution >= 0.6 is 0 Å². The van der Waals surface area contributed by atoms with Crippen molar-refractivity contribution in [3.8, 4) is 0 Å². The summed E-state index contributed by atoms with van der Waals surface area (Å²) in [6.07, 6.45) is 3.47. The van der Waals surface area contributed by atoms with Crippen LogP contribution < -0.4 is 0 Å². The minimum atomic E-state index is 0.247. The zero-order valence-electron chi connectivity index (χ0n) is 12.4. The largest absolute Gasteiger partial charge is 0.392 e. The molecule has 0 saturated carbocycles. The SMILES string of the molecule is CC(C)C1CC=C(CO)C(C(C)C)C1C(C)C. The molecule has 0 bridgehead atoms. The van der Waals surface area contributed by atoms with Gasteiger partial charge in [0.05, 0.1) is 6.61 Å². The van der Waals surface area contributed by atoms with Crippen molar-refractivity contribution in [1.29, 1.82) is 0 Å². The maximum atomic E-state index is 9.57. The molecule has 0 amide bonds. The van der Waals surface area contributed by atoms with Crippen LogP contribution in [-0.2, 0) is 0 Å². The van der Waals surface area contributed by atoms with Crippen molar-refractivity contribution in [3.63, 3.8) is 0 Å². The summed E-state index contributed by atoms with van der Waals surface area (Å²) in [5.41, 5.74) is 1.29. The fraction of sp³-hybridized carbons (Fsp3) is 0.875. The zero-order chi connectivity index (χ0) is 13.2. The molecule has 100 valence electrons. The third kappa shape index (κ3) is 3.13. The van der Waals surface area contributed by atoms with Gasteiger partial charge in [-0.15, -0.1) is 0 Å². The number of aliphatic hydroxyl groups is 1. The van der Waals surface area contributed by atoms with Crippen molar-refractivity contribution in [1.82, 2.24) is 0 Å². The van der Waals surface area contributed by atoms with Gasteiger partial charge in [-0.2, -0.15) is 0 Å². The Bertz CT molecular complexity index is 263. The van der Waals surface area contributed by atoms with Gasteiger partial charge in [0.1, 0.15) is 0 Å². The lowest BCUT2D eigenvalue weighted by molar-refractivity contribution is 0.0961. The molecule has 0 spiro atoms. The highest BCUT2D eigenvalue weighted by Crippen LogP contribution is 2.45. The van der Waals surface area contributed by atoms with Gasteiger partial charge in [0.25, 0.3) is 0 Å². The van der Waals surface area contributed by atoms with Gasteiger partial charge in [-0.1, -0.05) is 47.6 Å². The third-order valence-electron chi connectivity index (χ3n) is 4.52. The molecule has 0 heterocycles. The molecule has 1 heteroatoms. The van der Waals surface area contributed by atoms with E-state index >= 15 is 0 Å². The Morgan fingerprint density at radius 1 is 1.06 bits per heavy atom. The van der Waals surface area contributed by atoms with Gasteiger partial charge in [-0.3, -0.25) is 0 Å². The lowest BCUT2D eigenvalue weighted by Gasteiger charge is -2.44. The van der Waals surface area contributed by atoms with E-state index in [9.17, 15) is 5.11 Å². The molecule has 0 aromatic heterocycles. The summed E-state index contributed by atoms with van der Waals surface area (Å²) >= 11 is 0. The molecule has 1 nitrogen and oxygen atoms in total. The van der Waals surface area contributed by atoms with Crippen molar-refractivity contribution < 1.29 is 5.11 Å². The smallest absolute Gasteiger partial charge is 0.0644 e. The van der Waals surface area contributed by atoms with Crippen molar-refractivity contribution in [2.24, 2.45) is 35.5 Å². The van der Waals surface area contributed by atoms with Gasteiger partial charge < -0.3 is 5.11 Å². The summed E-state index contributed by atoms with van der Waals surface area (Å²) in [6.45, 7) is 14.2. The summed E-state index contributed by atoms with van der Waals surface area (Å²) in [4.78, 5) is 0. The van der Waals surface area contributed by atoms with Gasteiger partial charge in [-0.25, -0.2) is 0 Å². The lowest BCUT2D eigenvalue weighted by atomic mass is 9.61. The van der Waals surface area contributed by atoms with Crippen LogP contribution in [0.2, 0.25) is 0 Å². The quantitative estimate of drug-likeness (QED) is 0.730. The molecule has 3 unspecified atom stereocenters. The van der Waals surface area contributed by atoms with Crippen LogP contribution in [0.4, 0.5) is 0 Å². The molecular weight excluding hydrogens is 208 g/mol. The van der Waals surface area contributed by atoms with Gasteiger partial charge >= 0.3 is 0 Å². The molecule has 17 heavy (non-hydrogen) atoms. The topological polar surface area (TPSA) is 20.2 Å². The maximum Gasteiger partial charge on any atom is 0.0644 e. The monoisotopic (exact) mass is 238 g/mol.